The Labute approximate surface area is 302 Å². The Morgan fingerprint density at radius 3 is 1.32 bits per heavy atom. The van der Waals surface area contributed by atoms with Gasteiger partial charge in [-0.05, 0) is 93.4 Å². The van der Waals surface area contributed by atoms with Crippen molar-refractivity contribution in [1.29, 1.82) is 10.5 Å². The van der Waals surface area contributed by atoms with E-state index in [9.17, 15) is 20.7 Å². The molecule has 2 aromatic heterocycles. The molecule has 8 rings (SSSR count). The van der Waals surface area contributed by atoms with Crippen molar-refractivity contribution < 1.29 is 10.2 Å². The SMILES string of the molecule is C[C@@]1([C@@H](O)c2cccs2)Cc2ccc(C#N)cc2[C@@H]1c1ccccc1.C[C@@]1([C@H](O)c2cccs2)Cc2ccc(C#N)cc2[C@@H]1c1ccccc1. The molecule has 4 nitrogen and oxygen atoms in total. The minimum absolute atomic E-state index is 0.0640. The monoisotopic (exact) mass is 690 g/mol. The van der Waals surface area contributed by atoms with Crippen molar-refractivity contribution in [2.24, 2.45) is 10.8 Å². The smallest absolute Gasteiger partial charge is 0.0991 e. The molecule has 6 heteroatoms. The fourth-order valence-corrected chi connectivity index (χ4v) is 10.1. The Kier molecular flexibility index (Phi) is 9.31. The first-order valence-electron chi connectivity index (χ1n) is 16.9. The van der Waals surface area contributed by atoms with Crippen molar-refractivity contribution in [3.05, 3.63) is 186 Å². The fourth-order valence-electron chi connectivity index (χ4n) is 8.39. The summed E-state index contributed by atoms with van der Waals surface area (Å²) in [4.78, 5) is 1.99. The largest absolute Gasteiger partial charge is 0.387 e. The van der Waals surface area contributed by atoms with Crippen molar-refractivity contribution in [2.75, 3.05) is 0 Å². The molecule has 2 aliphatic carbocycles. The minimum atomic E-state index is -0.546. The van der Waals surface area contributed by atoms with Gasteiger partial charge in [0.25, 0.3) is 0 Å². The standard InChI is InChI=1S/2C22H19NOS/c2*1-22(21(24)19-8-5-11-25-19)13-17-10-9-15(14-23)12-18(17)20(22)16-6-3-2-4-7-16/h2*2-12,20-21,24H,13H2,1H3/t20-,21+,22+;20-,21-,22+/m00/s1. The fraction of sp³-hybridized carbons (Fsp3) is 0.227. The lowest BCUT2D eigenvalue weighted by Gasteiger charge is -2.36. The van der Waals surface area contributed by atoms with Crippen LogP contribution in [0.2, 0.25) is 0 Å². The number of hydrogen-bond donors (Lipinski definition) is 2. The van der Waals surface area contributed by atoms with Crippen molar-refractivity contribution >= 4 is 22.7 Å². The number of nitriles is 2. The van der Waals surface area contributed by atoms with Crippen LogP contribution in [0.15, 0.2) is 132 Å². The van der Waals surface area contributed by atoms with Crippen LogP contribution in [0.5, 0.6) is 0 Å². The van der Waals surface area contributed by atoms with E-state index in [-0.39, 0.29) is 22.7 Å². The summed E-state index contributed by atoms with van der Waals surface area (Å²) >= 11 is 3.20. The van der Waals surface area contributed by atoms with Gasteiger partial charge in [0, 0.05) is 32.4 Å². The first-order valence-corrected chi connectivity index (χ1v) is 18.6. The molecule has 0 saturated heterocycles. The highest BCUT2D eigenvalue weighted by molar-refractivity contribution is 7.10. The number of thiophene rings is 2. The van der Waals surface area contributed by atoms with E-state index in [2.05, 4.69) is 62.4 Å². The molecule has 4 aromatic carbocycles. The Bertz CT molecular complexity index is 2010. The van der Waals surface area contributed by atoms with Crippen molar-refractivity contribution in [3.63, 3.8) is 0 Å². The van der Waals surface area contributed by atoms with Crippen LogP contribution in [0.3, 0.4) is 0 Å². The quantitative estimate of drug-likeness (QED) is 0.182. The second-order valence-electron chi connectivity index (χ2n) is 13.9. The topological polar surface area (TPSA) is 88.0 Å². The van der Waals surface area contributed by atoms with Gasteiger partial charge in [-0.1, -0.05) is 98.8 Å². The normalized spacial score (nSPS) is 23.0. The minimum Gasteiger partial charge on any atom is -0.387 e. The van der Waals surface area contributed by atoms with Gasteiger partial charge in [-0.25, -0.2) is 0 Å². The van der Waals surface area contributed by atoms with E-state index in [0.717, 1.165) is 22.6 Å². The lowest BCUT2D eigenvalue weighted by Crippen LogP contribution is -2.30. The molecule has 6 atom stereocenters. The number of aliphatic hydroxyl groups is 2. The summed E-state index contributed by atoms with van der Waals surface area (Å²) in [6, 6.07) is 45.0. The van der Waals surface area contributed by atoms with E-state index in [1.807, 2.05) is 95.7 Å². The van der Waals surface area contributed by atoms with Crippen LogP contribution >= 0.6 is 22.7 Å². The van der Waals surface area contributed by atoms with Gasteiger partial charge < -0.3 is 10.2 Å². The van der Waals surface area contributed by atoms with Crippen molar-refractivity contribution in [1.82, 2.24) is 0 Å². The van der Waals surface area contributed by atoms with Gasteiger partial charge in [0.1, 0.15) is 0 Å². The van der Waals surface area contributed by atoms with Crippen LogP contribution < -0.4 is 0 Å². The van der Waals surface area contributed by atoms with E-state index >= 15 is 0 Å². The number of fused-ring (bicyclic) bond motifs is 2. The summed E-state index contributed by atoms with van der Waals surface area (Å²) in [7, 11) is 0. The predicted octanol–water partition coefficient (Wildman–Crippen LogP) is 10.1. The highest BCUT2D eigenvalue weighted by Crippen LogP contribution is 2.58. The van der Waals surface area contributed by atoms with Gasteiger partial charge in [-0.15, -0.1) is 22.7 Å². The molecule has 0 saturated carbocycles. The van der Waals surface area contributed by atoms with Gasteiger partial charge in [0.15, 0.2) is 0 Å². The maximum absolute atomic E-state index is 11.2. The zero-order valence-corrected chi connectivity index (χ0v) is 29.7. The maximum atomic E-state index is 11.2. The third-order valence-electron chi connectivity index (χ3n) is 10.8. The molecule has 0 fully saturated rings. The summed E-state index contributed by atoms with van der Waals surface area (Å²) in [5, 5.41) is 45.1. The summed E-state index contributed by atoms with van der Waals surface area (Å²) in [5.41, 5.74) is 7.84. The number of aliphatic hydroxyl groups excluding tert-OH is 2. The van der Waals surface area contributed by atoms with Gasteiger partial charge in [-0.3, -0.25) is 0 Å². The Morgan fingerprint density at radius 2 is 0.980 bits per heavy atom. The number of rotatable bonds is 6. The molecule has 50 heavy (non-hydrogen) atoms. The van der Waals surface area contributed by atoms with Crippen LogP contribution in [0, 0.1) is 33.5 Å². The lowest BCUT2D eigenvalue weighted by atomic mass is 9.70. The van der Waals surface area contributed by atoms with Crippen LogP contribution in [0.4, 0.5) is 0 Å². The summed E-state index contributed by atoms with van der Waals surface area (Å²) < 4.78 is 0. The number of hydrogen-bond acceptors (Lipinski definition) is 6. The van der Waals surface area contributed by atoms with Crippen LogP contribution in [-0.2, 0) is 12.8 Å². The predicted molar refractivity (Wildman–Crippen MR) is 201 cm³/mol. The van der Waals surface area contributed by atoms with E-state index in [0.29, 0.717) is 11.1 Å². The third kappa shape index (κ3) is 6.00. The molecular weight excluding hydrogens is 653 g/mol. The molecule has 0 bridgehead atoms. The molecule has 0 unspecified atom stereocenters. The highest BCUT2D eigenvalue weighted by Gasteiger charge is 2.50. The van der Waals surface area contributed by atoms with Gasteiger partial charge in [0.2, 0.25) is 0 Å². The molecule has 0 amide bonds. The average Bonchev–Trinajstić information content (AvgIpc) is 3.97. The van der Waals surface area contributed by atoms with Crippen LogP contribution in [0.25, 0.3) is 0 Å². The van der Waals surface area contributed by atoms with E-state index in [4.69, 9.17) is 0 Å². The van der Waals surface area contributed by atoms with Gasteiger partial charge in [0.05, 0.1) is 35.5 Å². The molecule has 0 aliphatic heterocycles. The maximum Gasteiger partial charge on any atom is 0.0991 e. The molecule has 248 valence electrons. The van der Waals surface area contributed by atoms with Gasteiger partial charge in [-0.2, -0.15) is 10.5 Å². The third-order valence-corrected chi connectivity index (χ3v) is 12.6. The molecule has 2 aliphatic rings. The zero-order chi connectivity index (χ0) is 34.9. The van der Waals surface area contributed by atoms with E-state index in [1.54, 1.807) is 22.7 Å². The Morgan fingerprint density at radius 1 is 0.580 bits per heavy atom. The Balaban J connectivity index is 0.000000157. The summed E-state index contributed by atoms with van der Waals surface area (Å²) in [6.45, 7) is 4.34. The molecule has 0 radical (unpaired) electrons. The van der Waals surface area contributed by atoms with Crippen molar-refractivity contribution in [2.45, 2.75) is 50.7 Å². The van der Waals surface area contributed by atoms with E-state index in [1.165, 1.54) is 33.4 Å². The molecular formula is C44H38N2O2S2. The van der Waals surface area contributed by atoms with Crippen molar-refractivity contribution in [3.8, 4) is 12.1 Å². The molecule has 6 aromatic rings. The van der Waals surface area contributed by atoms with Crippen LogP contribution in [0.1, 0.15) is 92.2 Å². The number of nitrogens with zero attached hydrogens (tertiary/aromatic N) is 2. The molecule has 2 heterocycles. The summed E-state index contributed by atoms with van der Waals surface area (Å²) in [5.74, 6) is 0.128. The highest BCUT2D eigenvalue weighted by atomic mass is 32.1. The van der Waals surface area contributed by atoms with Gasteiger partial charge >= 0.3 is 0 Å². The number of benzene rings is 4. The Hall–Kier alpha value is -4.82. The molecule has 0 spiro atoms. The second-order valence-corrected chi connectivity index (χ2v) is 15.9. The first kappa shape index (κ1) is 33.7. The summed E-state index contributed by atoms with van der Waals surface area (Å²) in [6.07, 6.45) is 0.505. The van der Waals surface area contributed by atoms with E-state index < -0.39 is 12.2 Å². The first-order chi connectivity index (χ1) is 24.3. The lowest BCUT2D eigenvalue weighted by molar-refractivity contribution is 0.0346. The van der Waals surface area contributed by atoms with Crippen LogP contribution in [-0.4, -0.2) is 10.2 Å². The average molecular weight is 691 g/mol. The molecule has 2 N–H and O–H groups in total. The zero-order valence-electron chi connectivity index (χ0n) is 28.0. The second kappa shape index (κ2) is 13.8.